The Kier molecular flexibility index (Phi) is 5.91. The van der Waals surface area contributed by atoms with Crippen LogP contribution in [0.3, 0.4) is 0 Å². The Morgan fingerprint density at radius 1 is 1.37 bits per heavy atom. The molecule has 1 unspecified atom stereocenters. The molecule has 1 atom stereocenters. The lowest BCUT2D eigenvalue weighted by Gasteiger charge is -2.31. The van der Waals surface area contributed by atoms with E-state index in [1.54, 1.807) is 0 Å². The summed E-state index contributed by atoms with van der Waals surface area (Å²) in [5, 5.41) is 0. The van der Waals surface area contributed by atoms with Crippen molar-refractivity contribution in [1.82, 2.24) is 0 Å². The molecule has 0 radical (unpaired) electrons. The van der Waals surface area contributed by atoms with Crippen LogP contribution in [-0.4, -0.2) is 0 Å². The second kappa shape index (κ2) is 7.24. The Morgan fingerprint density at radius 3 is 2.58 bits per heavy atom. The van der Waals surface area contributed by atoms with E-state index in [-0.39, 0.29) is 6.04 Å². The molecule has 1 aromatic heterocycles. The highest BCUT2D eigenvalue weighted by Gasteiger charge is 2.27. The first-order chi connectivity index (χ1) is 9.11. The molecule has 0 bridgehead atoms. The first-order valence-electron chi connectivity index (χ1n) is 7.63. The van der Waals surface area contributed by atoms with E-state index in [1.165, 1.54) is 59.2 Å². The summed E-state index contributed by atoms with van der Waals surface area (Å²) in [5.74, 6) is 1.67. The maximum Gasteiger partial charge on any atom is 0.0418 e. The lowest BCUT2D eigenvalue weighted by Crippen LogP contribution is -2.25. The Labute approximate surface area is 130 Å². The third kappa shape index (κ3) is 4.05. The lowest BCUT2D eigenvalue weighted by atomic mass is 9.77. The van der Waals surface area contributed by atoms with Gasteiger partial charge in [-0.2, -0.15) is 0 Å². The van der Waals surface area contributed by atoms with Crippen LogP contribution in [0.25, 0.3) is 0 Å². The molecule has 1 saturated carbocycles. The first-order valence-corrected chi connectivity index (χ1v) is 9.24. The standard InChI is InChI=1S/C16H26BrNS/c1-3-4-5-12-6-8-13(9-7-12)16(18)15-10-14(17)11(2)19-15/h10,12-13,16H,3-9,18H2,1-2H3. The molecule has 0 amide bonds. The van der Waals surface area contributed by atoms with Crippen molar-refractivity contribution in [3.8, 4) is 0 Å². The predicted molar refractivity (Wildman–Crippen MR) is 88.7 cm³/mol. The molecular weight excluding hydrogens is 318 g/mol. The molecule has 3 heteroatoms. The van der Waals surface area contributed by atoms with Crippen molar-refractivity contribution in [2.45, 2.75) is 64.8 Å². The van der Waals surface area contributed by atoms with Gasteiger partial charge in [-0.1, -0.05) is 39.0 Å². The minimum atomic E-state index is 0.252. The van der Waals surface area contributed by atoms with Gasteiger partial charge in [0.2, 0.25) is 0 Å². The van der Waals surface area contributed by atoms with Crippen LogP contribution in [0.15, 0.2) is 10.5 Å². The molecule has 1 heterocycles. The maximum atomic E-state index is 6.49. The van der Waals surface area contributed by atoms with Crippen molar-refractivity contribution < 1.29 is 0 Å². The van der Waals surface area contributed by atoms with E-state index in [0.29, 0.717) is 5.92 Å². The summed E-state index contributed by atoms with van der Waals surface area (Å²) in [4.78, 5) is 2.71. The minimum Gasteiger partial charge on any atom is -0.323 e. The van der Waals surface area contributed by atoms with E-state index < -0.39 is 0 Å². The Morgan fingerprint density at radius 2 is 2.05 bits per heavy atom. The molecule has 19 heavy (non-hydrogen) atoms. The van der Waals surface area contributed by atoms with E-state index >= 15 is 0 Å². The van der Waals surface area contributed by atoms with Gasteiger partial charge in [0.05, 0.1) is 0 Å². The molecule has 1 aliphatic carbocycles. The smallest absolute Gasteiger partial charge is 0.0418 e. The quantitative estimate of drug-likeness (QED) is 0.716. The van der Waals surface area contributed by atoms with Gasteiger partial charge in [0.1, 0.15) is 0 Å². The summed E-state index contributed by atoms with van der Waals surface area (Å²) < 4.78 is 1.22. The number of halogens is 1. The Hall–Kier alpha value is 0.140. The molecule has 1 aromatic rings. The van der Waals surface area contributed by atoms with Crippen molar-refractivity contribution >= 4 is 27.3 Å². The van der Waals surface area contributed by atoms with Gasteiger partial charge in [0.15, 0.2) is 0 Å². The zero-order chi connectivity index (χ0) is 13.8. The van der Waals surface area contributed by atoms with E-state index in [2.05, 4.69) is 35.8 Å². The summed E-state index contributed by atoms with van der Waals surface area (Å²) in [6.45, 7) is 4.45. The molecular formula is C16H26BrNS. The molecule has 0 aromatic carbocycles. The van der Waals surface area contributed by atoms with Crippen LogP contribution in [0.1, 0.15) is 67.7 Å². The van der Waals surface area contributed by atoms with Crippen LogP contribution in [0.4, 0.5) is 0 Å². The van der Waals surface area contributed by atoms with Gasteiger partial charge in [-0.25, -0.2) is 0 Å². The van der Waals surface area contributed by atoms with Gasteiger partial charge in [-0.15, -0.1) is 11.3 Å². The topological polar surface area (TPSA) is 26.0 Å². The molecule has 2 rings (SSSR count). The van der Waals surface area contributed by atoms with Gasteiger partial charge < -0.3 is 5.73 Å². The van der Waals surface area contributed by atoms with E-state index in [4.69, 9.17) is 5.73 Å². The fourth-order valence-electron chi connectivity index (χ4n) is 3.21. The first kappa shape index (κ1) is 15.5. The highest BCUT2D eigenvalue weighted by molar-refractivity contribution is 9.10. The molecule has 1 nitrogen and oxygen atoms in total. The van der Waals surface area contributed by atoms with Crippen LogP contribution in [-0.2, 0) is 0 Å². The fourth-order valence-corrected chi connectivity index (χ4v) is 4.86. The van der Waals surface area contributed by atoms with Crippen molar-refractivity contribution in [1.29, 1.82) is 0 Å². The largest absolute Gasteiger partial charge is 0.323 e. The molecule has 1 aliphatic rings. The summed E-state index contributed by atoms with van der Waals surface area (Å²) in [7, 11) is 0. The number of hydrogen-bond donors (Lipinski definition) is 1. The molecule has 1 fully saturated rings. The fraction of sp³-hybridized carbons (Fsp3) is 0.750. The lowest BCUT2D eigenvalue weighted by molar-refractivity contribution is 0.234. The molecule has 0 aliphatic heterocycles. The van der Waals surface area contributed by atoms with Gasteiger partial charge >= 0.3 is 0 Å². The SMILES string of the molecule is CCCCC1CCC(C(N)c2cc(Br)c(C)s2)CC1. The van der Waals surface area contributed by atoms with Crippen molar-refractivity contribution in [2.24, 2.45) is 17.6 Å². The second-order valence-electron chi connectivity index (χ2n) is 6.00. The van der Waals surface area contributed by atoms with Crippen LogP contribution in [0.2, 0.25) is 0 Å². The molecule has 0 saturated heterocycles. The molecule has 0 spiro atoms. The summed E-state index contributed by atoms with van der Waals surface area (Å²) in [5.41, 5.74) is 6.49. The third-order valence-corrected chi connectivity index (χ3v) is 6.81. The highest BCUT2D eigenvalue weighted by atomic mass is 79.9. The van der Waals surface area contributed by atoms with Gasteiger partial charge in [-0.05, 0) is 53.6 Å². The number of hydrogen-bond acceptors (Lipinski definition) is 2. The number of thiophene rings is 1. The average molecular weight is 344 g/mol. The summed E-state index contributed by atoms with van der Waals surface area (Å²) >= 11 is 5.46. The summed E-state index contributed by atoms with van der Waals surface area (Å²) in [6.07, 6.45) is 9.60. The van der Waals surface area contributed by atoms with Crippen molar-refractivity contribution in [3.63, 3.8) is 0 Å². The van der Waals surface area contributed by atoms with Crippen LogP contribution < -0.4 is 5.73 Å². The normalized spacial score (nSPS) is 25.5. The zero-order valence-electron chi connectivity index (χ0n) is 12.1. The van der Waals surface area contributed by atoms with E-state index in [1.807, 2.05) is 11.3 Å². The monoisotopic (exact) mass is 343 g/mol. The third-order valence-electron chi connectivity index (χ3n) is 4.57. The van der Waals surface area contributed by atoms with Crippen LogP contribution in [0, 0.1) is 18.8 Å². The van der Waals surface area contributed by atoms with Gasteiger partial charge in [0, 0.05) is 20.3 Å². The Balaban J connectivity index is 1.87. The van der Waals surface area contributed by atoms with Crippen molar-refractivity contribution in [3.05, 3.63) is 20.3 Å². The number of aryl methyl sites for hydroxylation is 1. The zero-order valence-corrected chi connectivity index (χ0v) is 14.5. The average Bonchev–Trinajstić information content (AvgIpc) is 2.76. The highest BCUT2D eigenvalue weighted by Crippen LogP contribution is 2.40. The van der Waals surface area contributed by atoms with E-state index in [9.17, 15) is 0 Å². The van der Waals surface area contributed by atoms with Crippen LogP contribution in [0.5, 0.6) is 0 Å². The number of rotatable bonds is 5. The molecule has 2 N–H and O–H groups in total. The number of unbranched alkanes of at least 4 members (excludes halogenated alkanes) is 1. The van der Waals surface area contributed by atoms with E-state index in [0.717, 1.165) is 5.92 Å². The second-order valence-corrected chi connectivity index (χ2v) is 8.14. The maximum absolute atomic E-state index is 6.49. The predicted octanol–water partition coefficient (Wildman–Crippen LogP) is 5.82. The van der Waals surface area contributed by atoms with Gasteiger partial charge in [-0.3, -0.25) is 0 Å². The Bertz CT molecular complexity index is 374. The van der Waals surface area contributed by atoms with Crippen LogP contribution >= 0.6 is 27.3 Å². The number of nitrogens with two attached hydrogens (primary N) is 1. The van der Waals surface area contributed by atoms with Crippen molar-refractivity contribution in [2.75, 3.05) is 0 Å². The van der Waals surface area contributed by atoms with Gasteiger partial charge in [0.25, 0.3) is 0 Å². The minimum absolute atomic E-state index is 0.252. The molecule has 108 valence electrons. The summed E-state index contributed by atoms with van der Waals surface area (Å²) in [6, 6.07) is 2.48.